The molecule has 0 amide bonds. The fraction of sp³-hybridized carbons (Fsp3) is 0.500. The van der Waals surface area contributed by atoms with Gasteiger partial charge in [-0.05, 0) is 37.1 Å². The van der Waals surface area contributed by atoms with Crippen molar-refractivity contribution in [2.45, 2.75) is 18.9 Å². The van der Waals surface area contributed by atoms with E-state index in [4.69, 9.17) is 10.8 Å². The third-order valence-corrected chi connectivity index (χ3v) is 2.50. The number of hydrogen-bond donors (Lipinski definition) is 3. The van der Waals surface area contributed by atoms with Crippen molar-refractivity contribution in [2.24, 2.45) is 5.73 Å². The van der Waals surface area contributed by atoms with E-state index < -0.39 is 11.6 Å². The maximum atomic E-state index is 13.0. The van der Waals surface area contributed by atoms with Crippen LogP contribution in [0.3, 0.4) is 0 Å². The number of nitrogens with one attached hydrogen (secondary N) is 1. The van der Waals surface area contributed by atoms with Crippen LogP contribution in [0.1, 0.15) is 24.4 Å². The van der Waals surface area contributed by atoms with Gasteiger partial charge in [-0.1, -0.05) is 0 Å². The summed E-state index contributed by atoms with van der Waals surface area (Å²) in [5, 5.41) is 11.7. The van der Waals surface area contributed by atoms with Crippen molar-refractivity contribution in [1.29, 1.82) is 0 Å². The van der Waals surface area contributed by atoms with Crippen LogP contribution in [-0.4, -0.2) is 24.8 Å². The zero-order valence-electron chi connectivity index (χ0n) is 9.63. The number of aliphatic hydroxyl groups is 1. The Balaban J connectivity index is 2.59. The molecule has 1 unspecified atom stereocenters. The highest BCUT2D eigenvalue weighted by Gasteiger charge is 2.11. The van der Waals surface area contributed by atoms with Gasteiger partial charge in [0, 0.05) is 25.3 Å². The molecule has 17 heavy (non-hydrogen) atoms. The van der Waals surface area contributed by atoms with Crippen LogP contribution < -0.4 is 11.1 Å². The lowest BCUT2D eigenvalue weighted by Crippen LogP contribution is -2.29. The molecule has 0 radical (unpaired) electrons. The fourth-order valence-corrected chi connectivity index (χ4v) is 1.63. The minimum absolute atomic E-state index is 0.142. The molecular weight excluding hydrogens is 226 g/mol. The lowest BCUT2D eigenvalue weighted by Gasteiger charge is -2.17. The van der Waals surface area contributed by atoms with Gasteiger partial charge in [0.05, 0.1) is 0 Å². The molecule has 0 bridgehead atoms. The van der Waals surface area contributed by atoms with Crippen molar-refractivity contribution in [3.05, 3.63) is 35.4 Å². The van der Waals surface area contributed by atoms with Crippen LogP contribution in [0.2, 0.25) is 0 Å². The van der Waals surface area contributed by atoms with Crippen LogP contribution >= 0.6 is 0 Å². The Kier molecular flexibility index (Phi) is 6.04. The molecule has 0 aliphatic heterocycles. The fourth-order valence-electron chi connectivity index (χ4n) is 1.63. The van der Waals surface area contributed by atoms with Gasteiger partial charge in [-0.15, -0.1) is 0 Å². The van der Waals surface area contributed by atoms with Gasteiger partial charge < -0.3 is 16.2 Å². The molecule has 3 nitrogen and oxygen atoms in total. The van der Waals surface area contributed by atoms with Crippen LogP contribution in [0.25, 0.3) is 0 Å². The first-order chi connectivity index (χ1) is 8.17. The molecule has 0 aliphatic carbocycles. The highest BCUT2D eigenvalue weighted by Crippen LogP contribution is 2.15. The zero-order chi connectivity index (χ0) is 12.7. The summed E-state index contributed by atoms with van der Waals surface area (Å²) in [7, 11) is 0. The summed E-state index contributed by atoms with van der Waals surface area (Å²) in [5.74, 6) is -1.20. The average Bonchev–Trinajstić information content (AvgIpc) is 2.28. The summed E-state index contributed by atoms with van der Waals surface area (Å²) in [6.07, 6.45) is 1.49. The summed E-state index contributed by atoms with van der Waals surface area (Å²) < 4.78 is 26.1. The van der Waals surface area contributed by atoms with E-state index in [-0.39, 0.29) is 19.2 Å². The standard InChI is InChI=1S/C12H18F2N2O/c13-10-5-9(6-11(14)7-10)12(8-15)16-3-1-2-4-17/h5-7,12,16-17H,1-4,8,15H2. The summed E-state index contributed by atoms with van der Waals surface area (Å²) in [4.78, 5) is 0. The lowest BCUT2D eigenvalue weighted by molar-refractivity contribution is 0.282. The molecule has 5 heteroatoms. The Labute approximate surface area is 99.6 Å². The molecule has 1 aromatic rings. The predicted octanol–water partition coefficient (Wildman–Crippen LogP) is 1.33. The third-order valence-electron chi connectivity index (χ3n) is 2.50. The average molecular weight is 244 g/mol. The van der Waals surface area contributed by atoms with Crippen molar-refractivity contribution in [2.75, 3.05) is 19.7 Å². The smallest absolute Gasteiger partial charge is 0.126 e. The normalized spacial score (nSPS) is 12.7. The summed E-state index contributed by atoms with van der Waals surface area (Å²) in [5.41, 5.74) is 6.07. The topological polar surface area (TPSA) is 58.3 Å². The molecule has 1 atom stereocenters. The number of aliphatic hydroxyl groups excluding tert-OH is 1. The van der Waals surface area contributed by atoms with E-state index in [1.165, 1.54) is 12.1 Å². The molecule has 0 spiro atoms. The zero-order valence-corrected chi connectivity index (χ0v) is 9.63. The van der Waals surface area contributed by atoms with Crippen LogP contribution in [0.5, 0.6) is 0 Å². The van der Waals surface area contributed by atoms with Crippen molar-refractivity contribution in [1.82, 2.24) is 5.32 Å². The van der Waals surface area contributed by atoms with Gasteiger partial charge in [0.1, 0.15) is 11.6 Å². The molecule has 0 heterocycles. The Morgan fingerprint density at radius 2 is 1.82 bits per heavy atom. The molecular formula is C12H18F2N2O. The molecule has 0 fully saturated rings. The van der Waals surface area contributed by atoms with Gasteiger partial charge in [-0.25, -0.2) is 8.78 Å². The molecule has 1 aromatic carbocycles. The van der Waals surface area contributed by atoms with E-state index in [1.807, 2.05) is 0 Å². The van der Waals surface area contributed by atoms with E-state index >= 15 is 0 Å². The van der Waals surface area contributed by atoms with E-state index in [0.29, 0.717) is 18.5 Å². The molecule has 0 aromatic heterocycles. The largest absolute Gasteiger partial charge is 0.396 e. The molecule has 4 N–H and O–H groups in total. The SMILES string of the molecule is NCC(NCCCCO)c1cc(F)cc(F)c1. The molecule has 0 saturated heterocycles. The van der Waals surface area contributed by atoms with Crippen LogP contribution in [0.15, 0.2) is 18.2 Å². The van der Waals surface area contributed by atoms with Gasteiger partial charge in [-0.3, -0.25) is 0 Å². The summed E-state index contributed by atoms with van der Waals surface area (Å²) >= 11 is 0. The van der Waals surface area contributed by atoms with Crippen LogP contribution in [-0.2, 0) is 0 Å². The monoisotopic (exact) mass is 244 g/mol. The van der Waals surface area contributed by atoms with Gasteiger partial charge in [0.25, 0.3) is 0 Å². The Morgan fingerprint density at radius 1 is 1.18 bits per heavy atom. The maximum absolute atomic E-state index is 13.0. The van der Waals surface area contributed by atoms with Gasteiger partial charge in [-0.2, -0.15) is 0 Å². The third kappa shape index (κ3) is 4.77. The number of hydrogen-bond acceptors (Lipinski definition) is 3. The van der Waals surface area contributed by atoms with Crippen molar-refractivity contribution < 1.29 is 13.9 Å². The van der Waals surface area contributed by atoms with Crippen molar-refractivity contribution >= 4 is 0 Å². The van der Waals surface area contributed by atoms with Gasteiger partial charge in [0.2, 0.25) is 0 Å². The second kappa shape index (κ2) is 7.32. The second-order valence-corrected chi connectivity index (χ2v) is 3.88. The maximum Gasteiger partial charge on any atom is 0.126 e. The van der Waals surface area contributed by atoms with Crippen molar-refractivity contribution in [3.63, 3.8) is 0 Å². The second-order valence-electron chi connectivity index (χ2n) is 3.88. The molecule has 1 rings (SSSR count). The summed E-state index contributed by atoms with van der Waals surface area (Å²) in [6, 6.07) is 3.13. The van der Waals surface area contributed by atoms with Crippen molar-refractivity contribution in [3.8, 4) is 0 Å². The highest BCUT2D eigenvalue weighted by molar-refractivity contribution is 5.21. The Morgan fingerprint density at radius 3 is 2.35 bits per heavy atom. The molecule has 0 saturated carbocycles. The lowest BCUT2D eigenvalue weighted by atomic mass is 10.1. The molecule has 0 aliphatic rings. The van der Waals surface area contributed by atoms with E-state index in [2.05, 4.69) is 5.32 Å². The first kappa shape index (κ1) is 14.0. The Hall–Kier alpha value is -1.04. The van der Waals surface area contributed by atoms with Gasteiger partial charge >= 0.3 is 0 Å². The summed E-state index contributed by atoms with van der Waals surface area (Å²) in [6.45, 7) is 1.06. The predicted molar refractivity (Wildman–Crippen MR) is 62.5 cm³/mol. The highest BCUT2D eigenvalue weighted by atomic mass is 19.1. The number of nitrogens with two attached hydrogens (primary N) is 1. The minimum Gasteiger partial charge on any atom is -0.396 e. The van der Waals surface area contributed by atoms with Crippen LogP contribution in [0, 0.1) is 11.6 Å². The number of benzene rings is 1. The first-order valence-corrected chi connectivity index (χ1v) is 5.67. The van der Waals surface area contributed by atoms with Crippen LogP contribution in [0.4, 0.5) is 8.78 Å². The van der Waals surface area contributed by atoms with E-state index in [9.17, 15) is 8.78 Å². The number of halogens is 2. The minimum atomic E-state index is -0.601. The first-order valence-electron chi connectivity index (χ1n) is 5.67. The van der Waals surface area contributed by atoms with Gasteiger partial charge in [0.15, 0.2) is 0 Å². The van der Waals surface area contributed by atoms with E-state index in [1.54, 1.807) is 0 Å². The number of unbranched alkanes of at least 4 members (excludes halogenated alkanes) is 1. The Bertz CT molecular complexity index is 327. The van der Waals surface area contributed by atoms with E-state index in [0.717, 1.165) is 12.5 Å². The molecule has 96 valence electrons. The quantitative estimate of drug-likeness (QED) is 0.634. The number of rotatable bonds is 7.